The van der Waals surface area contributed by atoms with Gasteiger partial charge in [-0.05, 0) is 28.8 Å². The summed E-state index contributed by atoms with van der Waals surface area (Å²) >= 11 is 7.82. The minimum absolute atomic E-state index is 0.406. The van der Waals surface area contributed by atoms with E-state index in [1.165, 1.54) is 11.1 Å². The number of hydrogen-bond acceptors (Lipinski definition) is 5. The van der Waals surface area contributed by atoms with Gasteiger partial charge in [0.2, 0.25) is 0 Å². The smallest absolute Gasteiger partial charge is 0.152 e. The third kappa shape index (κ3) is 3.46. The Bertz CT molecular complexity index is 1280. The third-order valence-corrected chi connectivity index (χ3v) is 5.87. The second-order valence-electron chi connectivity index (χ2n) is 6.46. The fourth-order valence-electron chi connectivity index (χ4n) is 3.26. The van der Waals surface area contributed by atoms with Crippen LogP contribution in [0, 0.1) is 0 Å². The fourth-order valence-corrected chi connectivity index (χ4v) is 4.34. The van der Waals surface area contributed by atoms with Gasteiger partial charge in [-0.2, -0.15) is 0 Å². The Kier molecular flexibility index (Phi) is 4.68. The molecular weight excluding hydrogens is 400 g/mol. The summed E-state index contributed by atoms with van der Waals surface area (Å²) in [7, 11) is 0. The molecule has 5 rings (SSSR count). The number of anilines is 2. The molecule has 0 saturated carbocycles. The zero-order chi connectivity index (χ0) is 19.6. The summed E-state index contributed by atoms with van der Waals surface area (Å²) in [6.45, 7) is 0. The molecule has 0 amide bonds. The highest BCUT2D eigenvalue weighted by molar-refractivity contribution is 7.17. The van der Waals surface area contributed by atoms with Crippen LogP contribution in [0.4, 0.5) is 11.5 Å². The van der Waals surface area contributed by atoms with E-state index in [0.717, 1.165) is 21.3 Å². The van der Waals surface area contributed by atoms with E-state index in [1.807, 2.05) is 18.2 Å². The molecule has 140 valence electrons. The molecule has 0 unspecified atom stereocenters. The number of benzene rings is 2. The lowest BCUT2D eigenvalue weighted by atomic mass is 10.0. The molecule has 0 aliphatic carbocycles. The van der Waals surface area contributed by atoms with Crippen LogP contribution in [-0.2, 0) is 0 Å². The van der Waals surface area contributed by atoms with Crippen molar-refractivity contribution in [2.75, 3.05) is 5.32 Å². The van der Waals surface area contributed by atoms with Crippen molar-refractivity contribution in [3.8, 4) is 22.3 Å². The molecule has 0 saturated heterocycles. The molecule has 3 aromatic heterocycles. The number of halogens is 1. The van der Waals surface area contributed by atoms with Crippen molar-refractivity contribution in [2.24, 2.45) is 0 Å². The molecule has 0 aliphatic rings. The van der Waals surface area contributed by atoms with Crippen LogP contribution in [0.25, 0.3) is 32.5 Å². The number of hydrogen-bond donors (Lipinski definition) is 1. The van der Waals surface area contributed by atoms with Crippen LogP contribution in [0.5, 0.6) is 0 Å². The first-order valence-corrected chi connectivity index (χ1v) is 10.3. The Hall–Kier alpha value is -3.28. The van der Waals surface area contributed by atoms with Gasteiger partial charge in [0.05, 0.1) is 11.1 Å². The number of rotatable bonds is 4. The van der Waals surface area contributed by atoms with E-state index in [0.29, 0.717) is 16.7 Å². The lowest BCUT2D eigenvalue weighted by Crippen LogP contribution is -1.97. The minimum atomic E-state index is 0.406. The Morgan fingerprint density at radius 3 is 2.31 bits per heavy atom. The summed E-state index contributed by atoms with van der Waals surface area (Å²) in [6.07, 6.45) is 3.22. The third-order valence-electron chi connectivity index (χ3n) is 4.69. The molecule has 0 spiro atoms. The van der Waals surface area contributed by atoms with E-state index in [4.69, 9.17) is 11.6 Å². The van der Waals surface area contributed by atoms with Gasteiger partial charge in [-0.15, -0.1) is 11.3 Å². The van der Waals surface area contributed by atoms with Gasteiger partial charge in [-0.25, -0.2) is 15.0 Å². The summed E-state index contributed by atoms with van der Waals surface area (Å²) in [5.74, 6) is 0.716. The van der Waals surface area contributed by atoms with Crippen LogP contribution in [-0.4, -0.2) is 15.0 Å². The molecule has 4 nitrogen and oxygen atoms in total. The van der Waals surface area contributed by atoms with Crippen molar-refractivity contribution in [3.05, 3.63) is 89.8 Å². The number of nitrogens with zero attached hydrogens (tertiary/aromatic N) is 3. The SMILES string of the molecule is Clc1ncccc1Nc1ncnc2scc(-c3ccc(-c4ccccc4)cc3)c12. The standard InChI is InChI=1S/C23H15ClN4S/c24-21-19(7-4-12-25-21)28-22-20-18(13-29-23(20)27-14-26-22)17-10-8-16(9-11-17)15-5-2-1-3-6-15/h1-14H,(H,26,27,28). The van der Waals surface area contributed by atoms with E-state index in [9.17, 15) is 0 Å². The summed E-state index contributed by atoms with van der Waals surface area (Å²) in [6, 6.07) is 22.6. The van der Waals surface area contributed by atoms with Gasteiger partial charge in [0.25, 0.3) is 0 Å². The predicted octanol–water partition coefficient (Wildman–Crippen LogP) is 6.82. The largest absolute Gasteiger partial charge is 0.337 e. The molecule has 6 heteroatoms. The lowest BCUT2D eigenvalue weighted by Gasteiger charge is -2.09. The van der Waals surface area contributed by atoms with Crippen molar-refractivity contribution in [1.82, 2.24) is 15.0 Å². The summed E-state index contributed by atoms with van der Waals surface area (Å²) in [4.78, 5) is 13.9. The van der Waals surface area contributed by atoms with Gasteiger partial charge in [0, 0.05) is 17.1 Å². The van der Waals surface area contributed by atoms with Crippen molar-refractivity contribution in [1.29, 1.82) is 0 Å². The number of nitrogens with one attached hydrogen (secondary N) is 1. The van der Waals surface area contributed by atoms with E-state index in [1.54, 1.807) is 23.9 Å². The van der Waals surface area contributed by atoms with Crippen LogP contribution < -0.4 is 5.32 Å². The van der Waals surface area contributed by atoms with Gasteiger partial charge in [-0.1, -0.05) is 66.2 Å². The number of aromatic nitrogens is 3. The maximum absolute atomic E-state index is 6.22. The average molecular weight is 415 g/mol. The zero-order valence-corrected chi connectivity index (χ0v) is 16.8. The van der Waals surface area contributed by atoms with Crippen molar-refractivity contribution in [3.63, 3.8) is 0 Å². The molecule has 0 aliphatic heterocycles. The van der Waals surface area contributed by atoms with E-state index in [-0.39, 0.29) is 0 Å². The quantitative estimate of drug-likeness (QED) is 0.328. The summed E-state index contributed by atoms with van der Waals surface area (Å²) < 4.78 is 0. The van der Waals surface area contributed by atoms with Crippen molar-refractivity contribution < 1.29 is 0 Å². The molecule has 3 heterocycles. The first-order chi connectivity index (χ1) is 14.3. The Labute approximate surface area is 176 Å². The molecule has 0 radical (unpaired) electrons. The topological polar surface area (TPSA) is 50.7 Å². The van der Waals surface area contributed by atoms with Gasteiger partial charge in [-0.3, -0.25) is 0 Å². The summed E-state index contributed by atoms with van der Waals surface area (Å²) in [5, 5.41) is 6.81. The molecular formula is C23H15ClN4S. The maximum Gasteiger partial charge on any atom is 0.152 e. The highest BCUT2D eigenvalue weighted by Gasteiger charge is 2.14. The normalized spacial score (nSPS) is 10.9. The van der Waals surface area contributed by atoms with Crippen LogP contribution in [0.3, 0.4) is 0 Å². The molecule has 0 bridgehead atoms. The van der Waals surface area contributed by atoms with Gasteiger partial charge in [0.1, 0.15) is 17.0 Å². The average Bonchev–Trinajstić information content (AvgIpc) is 3.21. The van der Waals surface area contributed by atoms with Crippen LogP contribution >= 0.6 is 22.9 Å². The maximum atomic E-state index is 6.22. The summed E-state index contributed by atoms with van der Waals surface area (Å²) in [5.41, 5.74) is 5.31. The number of pyridine rings is 1. The van der Waals surface area contributed by atoms with Gasteiger partial charge in [0.15, 0.2) is 5.15 Å². The molecule has 5 aromatic rings. The van der Waals surface area contributed by atoms with Gasteiger partial charge < -0.3 is 5.32 Å². The minimum Gasteiger partial charge on any atom is -0.337 e. The molecule has 2 aromatic carbocycles. The fraction of sp³-hybridized carbons (Fsp3) is 0. The highest BCUT2D eigenvalue weighted by atomic mass is 35.5. The van der Waals surface area contributed by atoms with Crippen molar-refractivity contribution >= 4 is 44.7 Å². The van der Waals surface area contributed by atoms with Crippen LogP contribution in [0.15, 0.2) is 84.6 Å². The monoisotopic (exact) mass is 414 g/mol. The number of fused-ring (bicyclic) bond motifs is 1. The highest BCUT2D eigenvalue weighted by Crippen LogP contribution is 2.38. The second kappa shape index (κ2) is 7.62. The molecule has 29 heavy (non-hydrogen) atoms. The molecule has 1 N–H and O–H groups in total. The number of thiophene rings is 1. The van der Waals surface area contributed by atoms with Crippen LogP contribution in [0.1, 0.15) is 0 Å². The van der Waals surface area contributed by atoms with Crippen LogP contribution in [0.2, 0.25) is 5.15 Å². The lowest BCUT2D eigenvalue weighted by molar-refractivity contribution is 1.22. The van der Waals surface area contributed by atoms with E-state index >= 15 is 0 Å². The van der Waals surface area contributed by atoms with Crippen molar-refractivity contribution in [2.45, 2.75) is 0 Å². The molecule has 0 fully saturated rings. The second-order valence-corrected chi connectivity index (χ2v) is 7.68. The Balaban J connectivity index is 1.57. The van der Waals surface area contributed by atoms with E-state index < -0.39 is 0 Å². The molecule has 0 atom stereocenters. The first-order valence-electron chi connectivity index (χ1n) is 9.05. The Morgan fingerprint density at radius 1 is 0.759 bits per heavy atom. The zero-order valence-electron chi connectivity index (χ0n) is 15.2. The first kappa shape index (κ1) is 17.8. The van der Waals surface area contributed by atoms with E-state index in [2.05, 4.69) is 74.2 Å². The predicted molar refractivity (Wildman–Crippen MR) is 121 cm³/mol. The van der Waals surface area contributed by atoms with Gasteiger partial charge >= 0.3 is 0 Å². The Morgan fingerprint density at radius 2 is 1.52 bits per heavy atom.